The summed E-state index contributed by atoms with van der Waals surface area (Å²) in [6.07, 6.45) is 4.03. The Morgan fingerprint density at radius 3 is 2.93 bits per heavy atom. The van der Waals surface area contributed by atoms with E-state index in [0.29, 0.717) is 0 Å². The van der Waals surface area contributed by atoms with Crippen LogP contribution in [0.15, 0.2) is 0 Å². The first-order valence-corrected chi connectivity index (χ1v) is 5.47. The van der Waals surface area contributed by atoms with E-state index in [2.05, 4.69) is 5.32 Å². The summed E-state index contributed by atoms with van der Waals surface area (Å²) in [5, 5.41) is 12.3. The number of nitrogens with one attached hydrogen (secondary N) is 1. The van der Waals surface area contributed by atoms with E-state index in [-0.39, 0.29) is 24.6 Å². The maximum absolute atomic E-state index is 12.0. The smallest absolute Gasteiger partial charge is 0.240 e. The molecule has 0 saturated carbocycles. The number of aliphatic hydroxyl groups excluding tert-OH is 1. The molecule has 0 aromatic heterocycles. The van der Waals surface area contributed by atoms with Crippen molar-refractivity contribution in [3.63, 3.8) is 0 Å². The zero-order chi connectivity index (χ0) is 9.97. The SMILES string of the molecule is O=C([C@@H]1CCCN1)N1CCC[C@@H]1CO. The van der Waals surface area contributed by atoms with Crippen LogP contribution >= 0.6 is 0 Å². The lowest BCUT2D eigenvalue weighted by atomic mass is 10.2. The van der Waals surface area contributed by atoms with Gasteiger partial charge in [0.05, 0.1) is 18.7 Å². The van der Waals surface area contributed by atoms with Gasteiger partial charge in [0.15, 0.2) is 0 Å². The van der Waals surface area contributed by atoms with E-state index in [4.69, 9.17) is 5.11 Å². The first-order valence-electron chi connectivity index (χ1n) is 5.47. The molecule has 4 nitrogen and oxygen atoms in total. The summed E-state index contributed by atoms with van der Waals surface area (Å²) in [6.45, 7) is 1.88. The molecule has 0 unspecified atom stereocenters. The third-order valence-electron chi connectivity index (χ3n) is 3.23. The van der Waals surface area contributed by atoms with Crippen LogP contribution in [-0.4, -0.2) is 47.7 Å². The van der Waals surface area contributed by atoms with Gasteiger partial charge in [0.2, 0.25) is 5.91 Å². The van der Waals surface area contributed by atoms with Crippen molar-refractivity contribution in [1.82, 2.24) is 10.2 Å². The van der Waals surface area contributed by atoms with Crippen molar-refractivity contribution >= 4 is 5.91 Å². The molecule has 2 aliphatic heterocycles. The molecule has 2 fully saturated rings. The molecule has 0 aromatic rings. The monoisotopic (exact) mass is 198 g/mol. The molecule has 2 aliphatic rings. The number of aliphatic hydroxyl groups is 1. The second-order valence-corrected chi connectivity index (χ2v) is 4.16. The Kier molecular flexibility index (Phi) is 3.03. The molecule has 0 bridgehead atoms. The van der Waals surface area contributed by atoms with E-state index in [1.165, 1.54) is 0 Å². The Hall–Kier alpha value is -0.610. The molecule has 1 amide bonds. The first kappa shape index (κ1) is 9.93. The van der Waals surface area contributed by atoms with E-state index in [1.54, 1.807) is 0 Å². The predicted molar refractivity (Wildman–Crippen MR) is 52.8 cm³/mol. The molecule has 0 aliphatic carbocycles. The van der Waals surface area contributed by atoms with Crippen LogP contribution in [0.1, 0.15) is 25.7 Å². The lowest BCUT2D eigenvalue weighted by molar-refractivity contribution is -0.134. The third kappa shape index (κ3) is 1.77. The van der Waals surface area contributed by atoms with Gasteiger partial charge in [-0.05, 0) is 32.2 Å². The highest BCUT2D eigenvalue weighted by molar-refractivity contribution is 5.82. The Labute approximate surface area is 84.3 Å². The van der Waals surface area contributed by atoms with Gasteiger partial charge >= 0.3 is 0 Å². The zero-order valence-corrected chi connectivity index (χ0v) is 8.41. The van der Waals surface area contributed by atoms with Crippen LogP contribution in [0, 0.1) is 0 Å². The quantitative estimate of drug-likeness (QED) is 0.642. The number of hydrogen-bond donors (Lipinski definition) is 2. The van der Waals surface area contributed by atoms with Gasteiger partial charge < -0.3 is 15.3 Å². The van der Waals surface area contributed by atoms with Crippen LogP contribution in [0.25, 0.3) is 0 Å². The number of nitrogens with zero attached hydrogens (tertiary/aromatic N) is 1. The van der Waals surface area contributed by atoms with Gasteiger partial charge in [-0.3, -0.25) is 4.79 Å². The van der Waals surface area contributed by atoms with Gasteiger partial charge in [0.1, 0.15) is 0 Å². The average Bonchev–Trinajstić information content (AvgIpc) is 2.87. The van der Waals surface area contributed by atoms with Crippen molar-refractivity contribution in [2.45, 2.75) is 37.8 Å². The van der Waals surface area contributed by atoms with Crippen LogP contribution in [-0.2, 0) is 4.79 Å². The molecule has 4 heteroatoms. The number of likely N-dealkylation sites (tertiary alicyclic amines) is 1. The maximum atomic E-state index is 12.0. The number of hydrogen-bond acceptors (Lipinski definition) is 3. The molecule has 0 aromatic carbocycles. The van der Waals surface area contributed by atoms with Crippen molar-refractivity contribution in [1.29, 1.82) is 0 Å². The second-order valence-electron chi connectivity index (χ2n) is 4.16. The van der Waals surface area contributed by atoms with E-state index in [0.717, 1.165) is 38.8 Å². The fraction of sp³-hybridized carbons (Fsp3) is 0.900. The van der Waals surface area contributed by atoms with Gasteiger partial charge in [-0.2, -0.15) is 0 Å². The van der Waals surface area contributed by atoms with Crippen molar-refractivity contribution in [3.8, 4) is 0 Å². The largest absolute Gasteiger partial charge is 0.394 e. The normalized spacial score (nSPS) is 32.5. The standard InChI is InChI=1S/C10H18N2O2/c13-7-8-3-2-6-12(8)10(14)9-4-1-5-11-9/h8-9,11,13H,1-7H2/t8-,9+/m1/s1. The predicted octanol–water partition coefficient (Wildman–Crippen LogP) is -0.278. The van der Waals surface area contributed by atoms with Crippen molar-refractivity contribution < 1.29 is 9.90 Å². The summed E-state index contributed by atoms with van der Waals surface area (Å²) in [6, 6.07) is 0.0899. The molecule has 2 rings (SSSR count). The fourth-order valence-corrected chi connectivity index (χ4v) is 2.41. The molecule has 0 spiro atoms. The van der Waals surface area contributed by atoms with E-state index in [1.807, 2.05) is 4.90 Å². The first-order chi connectivity index (χ1) is 6.83. The van der Waals surface area contributed by atoms with Crippen LogP contribution in [0.2, 0.25) is 0 Å². The van der Waals surface area contributed by atoms with Gasteiger partial charge in [-0.15, -0.1) is 0 Å². The summed E-state index contributed by atoms with van der Waals surface area (Å²) in [4.78, 5) is 13.8. The summed E-state index contributed by atoms with van der Waals surface area (Å²) < 4.78 is 0. The Bertz CT molecular complexity index is 214. The van der Waals surface area contributed by atoms with Gasteiger partial charge in [0, 0.05) is 6.54 Å². The highest BCUT2D eigenvalue weighted by atomic mass is 16.3. The van der Waals surface area contributed by atoms with Crippen LogP contribution in [0.3, 0.4) is 0 Å². The fourth-order valence-electron chi connectivity index (χ4n) is 2.41. The lowest BCUT2D eigenvalue weighted by Crippen LogP contribution is -2.46. The average molecular weight is 198 g/mol. The zero-order valence-electron chi connectivity index (χ0n) is 8.41. The van der Waals surface area contributed by atoms with Gasteiger partial charge in [0.25, 0.3) is 0 Å². The molecule has 2 atom stereocenters. The summed E-state index contributed by atoms with van der Waals surface area (Å²) in [5.41, 5.74) is 0. The maximum Gasteiger partial charge on any atom is 0.240 e. The van der Waals surface area contributed by atoms with Crippen molar-refractivity contribution in [3.05, 3.63) is 0 Å². The summed E-state index contributed by atoms with van der Waals surface area (Å²) in [5.74, 6) is 0.194. The number of carbonyl (C=O) groups is 1. The van der Waals surface area contributed by atoms with Gasteiger partial charge in [-0.25, -0.2) is 0 Å². The third-order valence-corrected chi connectivity index (χ3v) is 3.23. The van der Waals surface area contributed by atoms with E-state index in [9.17, 15) is 4.79 Å². The molecule has 0 radical (unpaired) electrons. The molecule has 2 saturated heterocycles. The number of carbonyl (C=O) groups excluding carboxylic acids is 1. The van der Waals surface area contributed by atoms with Gasteiger partial charge in [-0.1, -0.05) is 0 Å². The molecule has 2 N–H and O–H groups in total. The van der Waals surface area contributed by atoms with Crippen molar-refractivity contribution in [2.75, 3.05) is 19.7 Å². The number of amides is 1. The highest BCUT2D eigenvalue weighted by Gasteiger charge is 2.33. The Balaban J connectivity index is 1.95. The minimum atomic E-state index is 0.0159. The minimum Gasteiger partial charge on any atom is -0.394 e. The van der Waals surface area contributed by atoms with Crippen LogP contribution in [0.5, 0.6) is 0 Å². The molecule has 14 heavy (non-hydrogen) atoms. The molecule has 2 heterocycles. The summed E-state index contributed by atoms with van der Waals surface area (Å²) in [7, 11) is 0. The minimum absolute atomic E-state index is 0.0159. The van der Waals surface area contributed by atoms with E-state index < -0.39 is 0 Å². The highest BCUT2D eigenvalue weighted by Crippen LogP contribution is 2.19. The second kappa shape index (κ2) is 4.28. The molecular weight excluding hydrogens is 180 g/mol. The van der Waals surface area contributed by atoms with E-state index >= 15 is 0 Å². The Morgan fingerprint density at radius 2 is 2.29 bits per heavy atom. The molecular formula is C10H18N2O2. The topological polar surface area (TPSA) is 52.6 Å². The van der Waals surface area contributed by atoms with Crippen molar-refractivity contribution in [2.24, 2.45) is 0 Å². The lowest BCUT2D eigenvalue weighted by Gasteiger charge is -2.26. The Morgan fingerprint density at radius 1 is 1.43 bits per heavy atom. The molecule has 80 valence electrons. The summed E-state index contributed by atoms with van der Waals surface area (Å²) >= 11 is 0. The van der Waals surface area contributed by atoms with Crippen LogP contribution in [0.4, 0.5) is 0 Å². The van der Waals surface area contributed by atoms with Crippen LogP contribution < -0.4 is 5.32 Å². The number of rotatable bonds is 2.